The summed E-state index contributed by atoms with van der Waals surface area (Å²) in [6.45, 7) is 9.66. The molecule has 0 aromatic carbocycles. The number of unbranched alkanes of at least 4 members (excludes halogenated alkanes) is 2. The van der Waals surface area contributed by atoms with Gasteiger partial charge in [0.05, 0.1) is 0 Å². The predicted molar refractivity (Wildman–Crippen MR) is 68.6 cm³/mol. The molecule has 1 saturated heterocycles. The number of hydrogen-bond acceptors (Lipinski definition) is 3. The molecule has 1 aliphatic rings. The number of hydrogen-bond donors (Lipinski definition) is 2. The standard InChI is InChI=1S/C13H28N2O/c1-3-14-13-7-9-15(11-12(13)2)8-5-4-6-10-16/h12-14,16H,3-11H2,1-2H3. The number of piperidine rings is 1. The van der Waals surface area contributed by atoms with Gasteiger partial charge in [0.1, 0.15) is 0 Å². The second kappa shape index (κ2) is 8.04. The summed E-state index contributed by atoms with van der Waals surface area (Å²) in [5.74, 6) is 0.770. The Balaban J connectivity index is 2.13. The minimum absolute atomic E-state index is 0.346. The largest absolute Gasteiger partial charge is 0.396 e. The Morgan fingerprint density at radius 3 is 2.75 bits per heavy atom. The molecule has 1 aliphatic heterocycles. The highest BCUT2D eigenvalue weighted by molar-refractivity contribution is 4.82. The number of aliphatic hydroxyl groups excluding tert-OH is 1. The molecule has 16 heavy (non-hydrogen) atoms. The van der Waals surface area contributed by atoms with Gasteiger partial charge in [0.2, 0.25) is 0 Å². The molecule has 0 aromatic heterocycles. The van der Waals surface area contributed by atoms with Crippen molar-refractivity contribution in [2.45, 2.75) is 45.6 Å². The Morgan fingerprint density at radius 2 is 2.12 bits per heavy atom. The van der Waals surface area contributed by atoms with E-state index in [1.807, 2.05) is 0 Å². The molecule has 0 amide bonds. The zero-order valence-corrected chi connectivity index (χ0v) is 10.9. The number of aliphatic hydroxyl groups is 1. The van der Waals surface area contributed by atoms with Gasteiger partial charge in [-0.25, -0.2) is 0 Å². The van der Waals surface area contributed by atoms with E-state index in [0.29, 0.717) is 6.61 Å². The Hall–Kier alpha value is -0.120. The van der Waals surface area contributed by atoms with E-state index < -0.39 is 0 Å². The Bertz CT molecular complexity index is 173. The lowest BCUT2D eigenvalue weighted by atomic mass is 9.93. The lowest BCUT2D eigenvalue weighted by Crippen LogP contribution is -2.48. The van der Waals surface area contributed by atoms with Crippen molar-refractivity contribution < 1.29 is 5.11 Å². The van der Waals surface area contributed by atoms with E-state index in [9.17, 15) is 0 Å². The molecule has 0 aromatic rings. The van der Waals surface area contributed by atoms with Gasteiger partial charge in [-0.1, -0.05) is 13.8 Å². The highest BCUT2D eigenvalue weighted by Crippen LogP contribution is 2.17. The molecule has 1 rings (SSSR count). The quantitative estimate of drug-likeness (QED) is 0.648. The summed E-state index contributed by atoms with van der Waals surface area (Å²) in [5, 5.41) is 12.3. The van der Waals surface area contributed by atoms with Gasteiger partial charge in [-0.2, -0.15) is 0 Å². The SMILES string of the molecule is CCNC1CCN(CCCCCO)CC1C. The first-order chi connectivity index (χ1) is 7.77. The Labute approximate surface area is 100 Å². The predicted octanol–water partition coefficient (Wildman–Crippen LogP) is 1.47. The molecule has 0 aliphatic carbocycles. The maximum Gasteiger partial charge on any atom is 0.0431 e. The molecular weight excluding hydrogens is 200 g/mol. The highest BCUT2D eigenvalue weighted by Gasteiger charge is 2.24. The van der Waals surface area contributed by atoms with Crippen molar-refractivity contribution >= 4 is 0 Å². The first-order valence-electron chi connectivity index (χ1n) is 6.84. The number of likely N-dealkylation sites (tertiary alicyclic amines) is 1. The van der Waals surface area contributed by atoms with Gasteiger partial charge in [0, 0.05) is 19.2 Å². The van der Waals surface area contributed by atoms with Gasteiger partial charge in [0.15, 0.2) is 0 Å². The van der Waals surface area contributed by atoms with Crippen molar-refractivity contribution in [3.63, 3.8) is 0 Å². The van der Waals surface area contributed by atoms with E-state index in [-0.39, 0.29) is 0 Å². The van der Waals surface area contributed by atoms with Gasteiger partial charge >= 0.3 is 0 Å². The summed E-state index contributed by atoms with van der Waals surface area (Å²) in [6.07, 6.45) is 4.65. The maximum atomic E-state index is 8.72. The van der Waals surface area contributed by atoms with E-state index in [4.69, 9.17) is 5.11 Å². The zero-order chi connectivity index (χ0) is 11.8. The van der Waals surface area contributed by atoms with Crippen LogP contribution in [0.15, 0.2) is 0 Å². The average molecular weight is 228 g/mol. The molecule has 2 atom stereocenters. The van der Waals surface area contributed by atoms with Gasteiger partial charge in [-0.05, 0) is 51.2 Å². The number of nitrogens with zero attached hydrogens (tertiary/aromatic N) is 1. The van der Waals surface area contributed by atoms with E-state index in [1.165, 1.54) is 32.5 Å². The van der Waals surface area contributed by atoms with Gasteiger partial charge in [-0.3, -0.25) is 0 Å². The van der Waals surface area contributed by atoms with Gasteiger partial charge in [-0.15, -0.1) is 0 Å². The Morgan fingerprint density at radius 1 is 1.31 bits per heavy atom. The van der Waals surface area contributed by atoms with Crippen LogP contribution < -0.4 is 5.32 Å². The summed E-state index contributed by atoms with van der Waals surface area (Å²) < 4.78 is 0. The van der Waals surface area contributed by atoms with Crippen LogP contribution in [0.1, 0.15) is 39.5 Å². The summed E-state index contributed by atoms with van der Waals surface area (Å²) in [5.41, 5.74) is 0. The third-order valence-electron chi connectivity index (χ3n) is 3.59. The van der Waals surface area contributed by atoms with Crippen LogP contribution >= 0.6 is 0 Å². The van der Waals surface area contributed by atoms with E-state index in [0.717, 1.165) is 31.3 Å². The van der Waals surface area contributed by atoms with Crippen molar-refractivity contribution in [2.75, 3.05) is 32.8 Å². The lowest BCUT2D eigenvalue weighted by Gasteiger charge is -2.37. The monoisotopic (exact) mass is 228 g/mol. The lowest BCUT2D eigenvalue weighted by molar-refractivity contribution is 0.145. The molecule has 96 valence electrons. The molecule has 3 nitrogen and oxygen atoms in total. The molecule has 2 N–H and O–H groups in total. The average Bonchev–Trinajstić information content (AvgIpc) is 2.28. The Kier molecular flexibility index (Phi) is 7.01. The summed E-state index contributed by atoms with van der Waals surface area (Å²) in [7, 11) is 0. The van der Waals surface area contributed by atoms with Crippen LogP contribution in [0.25, 0.3) is 0 Å². The van der Waals surface area contributed by atoms with Crippen molar-refractivity contribution in [3.8, 4) is 0 Å². The summed E-state index contributed by atoms with van der Waals surface area (Å²) in [4.78, 5) is 2.58. The van der Waals surface area contributed by atoms with Gasteiger partial charge < -0.3 is 15.3 Å². The van der Waals surface area contributed by atoms with Crippen molar-refractivity contribution in [2.24, 2.45) is 5.92 Å². The summed E-state index contributed by atoms with van der Waals surface area (Å²) >= 11 is 0. The fraction of sp³-hybridized carbons (Fsp3) is 1.00. The van der Waals surface area contributed by atoms with Crippen LogP contribution in [0.2, 0.25) is 0 Å². The van der Waals surface area contributed by atoms with Crippen molar-refractivity contribution in [3.05, 3.63) is 0 Å². The topological polar surface area (TPSA) is 35.5 Å². The number of rotatable bonds is 7. The molecule has 1 heterocycles. The summed E-state index contributed by atoms with van der Waals surface area (Å²) in [6, 6.07) is 0.721. The second-order valence-electron chi connectivity index (χ2n) is 5.02. The molecular formula is C13H28N2O. The van der Waals surface area contributed by atoms with Crippen LogP contribution in [-0.4, -0.2) is 48.8 Å². The van der Waals surface area contributed by atoms with Crippen LogP contribution in [0.4, 0.5) is 0 Å². The molecule has 0 bridgehead atoms. The maximum absolute atomic E-state index is 8.72. The normalized spacial score (nSPS) is 27.2. The molecule has 0 radical (unpaired) electrons. The first kappa shape index (κ1) is 13.9. The van der Waals surface area contributed by atoms with Crippen LogP contribution in [0.3, 0.4) is 0 Å². The molecule has 1 fully saturated rings. The van der Waals surface area contributed by atoms with Crippen LogP contribution in [-0.2, 0) is 0 Å². The second-order valence-corrected chi connectivity index (χ2v) is 5.02. The third kappa shape index (κ3) is 4.81. The minimum atomic E-state index is 0.346. The smallest absolute Gasteiger partial charge is 0.0431 e. The third-order valence-corrected chi connectivity index (χ3v) is 3.59. The molecule has 0 saturated carbocycles. The van der Waals surface area contributed by atoms with Crippen molar-refractivity contribution in [1.29, 1.82) is 0 Å². The van der Waals surface area contributed by atoms with Crippen molar-refractivity contribution in [1.82, 2.24) is 10.2 Å². The van der Waals surface area contributed by atoms with E-state index in [2.05, 4.69) is 24.1 Å². The van der Waals surface area contributed by atoms with Crippen LogP contribution in [0.5, 0.6) is 0 Å². The first-order valence-corrected chi connectivity index (χ1v) is 6.84. The minimum Gasteiger partial charge on any atom is -0.396 e. The fourth-order valence-electron chi connectivity index (χ4n) is 2.62. The zero-order valence-electron chi connectivity index (χ0n) is 10.9. The van der Waals surface area contributed by atoms with Gasteiger partial charge in [0.25, 0.3) is 0 Å². The molecule has 2 unspecified atom stereocenters. The highest BCUT2D eigenvalue weighted by atomic mass is 16.2. The van der Waals surface area contributed by atoms with Crippen LogP contribution in [0, 0.1) is 5.92 Å². The number of nitrogens with one attached hydrogen (secondary N) is 1. The van der Waals surface area contributed by atoms with E-state index in [1.54, 1.807) is 0 Å². The van der Waals surface area contributed by atoms with E-state index >= 15 is 0 Å². The molecule has 3 heteroatoms. The fourth-order valence-corrected chi connectivity index (χ4v) is 2.62. The molecule has 0 spiro atoms.